The van der Waals surface area contributed by atoms with Gasteiger partial charge in [0.2, 0.25) is 5.91 Å². The molecule has 1 aromatic rings. The number of piperidine rings is 3. The van der Waals surface area contributed by atoms with E-state index in [-0.39, 0.29) is 12.5 Å². The number of carbonyl (C=O) groups excluding carboxylic acids is 1. The van der Waals surface area contributed by atoms with Gasteiger partial charge in [-0.3, -0.25) is 9.48 Å². The molecule has 1 amide bonds. The molecule has 18 heavy (non-hydrogen) atoms. The summed E-state index contributed by atoms with van der Waals surface area (Å²) in [5, 5.41) is 7.65. The molecule has 3 aliphatic heterocycles. The predicted octanol–water partition coefficient (Wildman–Crippen LogP) is -0.126. The number of carbonyl (C=O) groups is 1. The van der Waals surface area contributed by atoms with Crippen LogP contribution in [0.2, 0.25) is 0 Å². The Morgan fingerprint density at radius 1 is 1.50 bits per heavy atom. The first-order chi connectivity index (χ1) is 8.70. The number of nitrogens with two attached hydrogens (primary N) is 1. The average molecular weight is 249 g/mol. The molecule has 0 aromatic carbocycles. The molecule has 1 atom stereocenters. The Bertz CT molecular complexity index is 435. The summed E-state index contributed by atoms with van der Waals surface area (Å²) in [6.45, 7) is 3.74. The predicted molar refractivity (Wildman–Crippen MR) is 68.0 cm³/mol. The number of aromatic nitrogens is 2. The van der Waals surface area contributed by atoms with E-state index in [1.54, 1.807) is 10.9 Å². The number of nitrogens with zero attached hydrogens (tertiary/aromatic N) is 3. The van der Waals surface area contributed by atoms with Crippen LogP contribution in [0.15, 0.2) is 12.4 Å². The SMILES string of the molecule is NC(=O)Cn1cc(NC2CN3CCC2CC3)cn1. The lowest BCUT2D eigenvalue weighted by Gasteiger charge is -2.45. The molecule has 0 saturated carbocycles. The molecule has 3 saturated heterocycles. The molecule has 1 unspecified atom stereocenters. The number of hydrogen-bond acceptors (Lipinski definition) is 4. The Kier molecular flexibility index (Phi) is 2.95. The summed E-state index contributed by atoms with van der Waals surface area (Å²) in [7, 11) is 0. The van der Waals surface area contributed by atoms with Gasteiger partial charge in [-0.1, -0.05) is 0 Å². The van der Waals surface area contributed by atoms with Crippen LogP contribution in [0.4, 0.5) is 5.69 Å². The standard InChI is InChI=1S/C12H19N5O/c13-12(18)8-17-6-10(5-14-17)15-11-7-16-3-1-9(11)2-4-16/h5-6,9,11,15H,1-4,7-8H2,(H2,13,18). The quantitative estimate of drug-likeness (QED) is 0.779. The van der Waals surface area contributed by atoms with Crippen molar-refractivity contribution < 1.29 is 4.79 Å². The zero-order valence-electron chi connectivity index (χ0n) is 10.4. The molecule has 98 valence electrons. The molecule has 0 spiro atoms. The number of hydrogen-bond donors (Lipinski definition) is 2. The highest BCUT2D eigenvalue weighted by Gasteiger charge is 2.33. The minimum absolute atomic E-state index is 0.141. The molecule has 0 aliphatic carbocycles. The molecule has 3 N–H and O–H groups in total. The normalized spacial score (nSPS) is 30.3. The van der Waals surface area contributed by atoms with Crippen LogP contribution < -0.4 is 11.1 Å². The Labute approximate surface area is 106 Å². The molecule has 1 aromatic heterocycles. The second-order valence-corrected chi connectivity index (χ2v) is 5.28. The van der Waals surface area contributed by atoms with E-state index in [0.717, 1.165) is 18.2 Å². The van der Waals surface area contributed by atoms with Crippen LogP contribution in [-0.2, 0) is 11.3 Å². The van der Waals surface area contributed by atoms with E-state index >= 15 is 0 Å². The molecule has 0 radical (unpaired) electrons. The second kappa shape index (κ2) is 4.61. The summed E-state index contributed by atoms with van der Waals surface area (Å²) in [5.41, 5.74) is 6.12. The van der Waals surface area contributed by atoms with Crippen LogP contribution in [0.1, 0.15) is 12.8 Å². The van der Waals surface area contributed by atoms with Gasteiger partial charge in [0.15, 0.2) is 0 Å². The maximum Gasteiger partial charge on any atom is 0.239 e. The average Bonchev–Trinajstić information content (AvgIpc) is 2.77. The minimum atomic E-state index is -0.368. The van der Waals surface area contributed by atoms with Gasteiger partial charge in [-0.05, 0) is 31.8 Å². The van der Waals surface area contributed by atoms with Gasteiger partial charge in [0.25, 0.3) is 0 Å². The highest BCUT2D eigenvalue weighted by atomic mass is 16.1. The third kappa shape index (κ3) is 2.33. The fraction of sp³-hybridized carbons (Fsp3) is 0.667. The van der Waals surface area contributed by atoms with Crippen LogP contribution in [0.3, 0.4) is 0 Å². The minimum Gasteiger partial charge on any atom is -0.378 e. The number of primary amides is 1. The largest absolute Gasteiger partial charge is 0.378 e. The molecule has 3 aliphatic rings. The van der Waals surface area contributed by atoms with Crippen molar-refractivity contribution in [3.63, 3.8) is 0 Å². The second-order valence-electron chi connectivity index (χ2n) is 5.28. The number of nitrogens with one attached hydrogen (secondary N) is 1. The van der Waals surface area contributed by atoms with Crippen molar-refractivity contribution in [2.45, 2.75) is 25.4 Å². The van der Waals surface area contributed by atoms with Crippen molar-refractivity contribution in [3.05, 3.63) is 12.4 Å². The van der Waals surface area contributed by atoms with Crippen LogP contribution in [0.5, 0.6) is 0 Å². The maximum atomic E-state index is 10.8. The maximum absolute atomic E-state index is 10.8. The first-order valence-electron chi connectivity index (χ1n) is 6.50. The lowest BCUT2D eigenvalue weighted by atomic mass is 9.84. The Balaban J connectivity index is 1.62. The Morgan fingerprint density at radius 2 is 2.28 bits per heavy atom. The van der Waals surface area contributed by atoms with E-state index in [1.807, 2.05) is 6.20 Å². The van der Waals surface area contributed by atoms with Crippen molar-refractivity contribution in [1.82, 2.24) is 14.7 Å². The number of amides is 1. The fourth-order valence-electron chi connectivity index (χ4n) is 3.03. The van der Waals surface area contributed by atoms with Gasteiger partial charge in [0, 0.05) is 18.8 Å². The van der Waals surface area contributed by atoms with Crippen LogP contribution >= 0.6 is 0 Å². The van der Waals surface area contributed by atoms with Crippen LogP contribution in [-0.4, -0.2) is 46.3 Å². The van der Waals surface area contributed by atoms with Gasteiger partial charge in [-0.2, -0.15) is 5.10 Å². The number of fused-ring (bicyclic) bond motifs is 3. The van der Waals surface area contributed by atoms with Crippen molar-refractivity contribution in [3.8, 4) is 0 Å². The lowest BCUT2D eigenvalue weighted by molar-refractivity contribution is -0.118. The summed E-state index contributed by atoms with van der Waals surface area (Å²) in [5.74, 6) is 0.405. The monoisotopic (exact) mass is 249 g/mol. The van der Waals surface area contributed by atoms with Gasteiger partial charge in [0.1, 0.15) is 6.54 Å². The van der Waals surface area contributed by atoms with Crippen molar-refractivity contribution in [2.24, 2.45) is 11.7 Å². The Hall–Kier alpha value is -1.56. The van der Waals surface area contributed by atoms with Gasteiger partial charge in [0.05, 0.1) is 11.9 Å². The zero-order chi connectivity index (χ0) is 12.5. The van der Waals surface area contributed by atoms with Gasteiger partial charge >= 0.3 is 0 Å². The van der Waals surface area contributed by atoms with E-state index in [2.05, 4.69) is 15.3 Å². The third-order valence-corrected chi connectivity index (χ3v) is 3.96. The summed E-state index contributed by atoms with van der Waals surface area (Å²) in [6, 6.07) is 0.513. The molecule has 3 fully saturated rings. The smallest absolute Gasteiger partial charge is 0.239 e. The fourth-order valence-corrected chi connectivity index (χ4v) is 3.03. The van der Waals surface area contributed by atoms with Crippen molar-refractivity contribution in [1.29, 1.82) is 0 Å². The zero-order valence-corrected chi connectivity index (χ0v) is 10.4. The molecule has 4 heterocycles. The number of rotatable bonds is 4. The van der Waals surface area contributed by atoms with E-state index in [1.165, 1.54) is 25.9 Å². The third-order valence-electron chi connectivity index (χ3n) is 3.96. The lowest BCUT2D eigenvalue weighted by Crippen LogP contribution is -2.53. The first-order valence-corrected chi connectivity index (χ1v) is 6.50. The molecule has 2 bridgehead atoms. The molecule has 4 rings (SSSR count). The molecule has 6 nitrogen and oxygen atoms in total. The summed E-state index contributed by atoms with van der Waals surface area (Å²) in [6.07, 6.45) is 6.18. The number of anilines is 1. The van der Waals surface area contributed by atoms with Crippen LogP contribution in [0.25, 0.3) is 0 Å². The topological polar surface area (TPSA) is 76.2 Å². The van der Waals surface area contributed by atoms with Gasteiger partial charge < -0.3 is 16.0 Å². The van der Waals surface area contributed by atoms with E-state index in [4.69, 9.17) is 5.73 Å². The Morgan fingerprint density at radius 3 is 2.89 bits per heavy atom. The van der Waals surface area contributed by atoms with Crippen LogP contribution in [0, 0.1) is 5.92 Å². The molecular weight excluding hydrogens is 230 g/mol. The van der Waals surface area contributed by atoms with Crippen molar-refractivity contribution in [2.75, 3.05) is 25.0 Å². The molecule has 6 heteroatoms. The van der Waals surface area contributed by atoms with E-state index < -0.39 is 0 Å². The van der Waals surface area contributed by atoms with Crippen molar-refractivity contribution >= 4 is 11.6 Å². The van der Waals surface area contributed by atoms with Gasteiger partial charge in [-0.25, -0.2) is 0 Å². The van der Waals surface area contributed by atoms with E-state index in [0.29, 0.717) is 6.04 Å². The first kappa shape index (κ1) is 11.5. The van der Waals surface area contributed by atoms with Gasteiger partial charge in [-0.15, -0.1) is 0 Å². The van der Waals surface area contributed by atoms with E-state index in [9.17, 15) is 4.79 Å². The summed E-state index contributed by atoms with van der Waals surface area (Å²) in [4.78, 5) is 13.3. The summed E-state index contributed by atoms with van der Waals surface area (Å²) >= 11 is 0. The highest BCUT2D eigenvalue weighted by molar-refractivity contribution is 5.73. The molecular formula is C12H19N5O. The summed E-state index contributed by atoms with van der Waals surface area (Å²) < 4.78 is 1.58. The highest BCUT2D eigenvalue weighted by Crippen LogP contribution is 2.29.